The molecule has 1 atom stereocenters. The maximum absolute atomic E-state index is 14.1. The van der Waals surface area contributed by atoms with Crippen molar-refractivity contribution in [3.8, 4) is 16.9 Å². The summed E-state index contributed by atoms with van der Waals surface area (Å²) in [4.78, 5) is 16.5. The minimum Gasteiger partial charge on any atom is -0.493 e. The van der Waals surface area contributed by atoms with Gasteiger partial charge in [0.25, 0.3) is 5.91 Å². The second-order valence-corrected chi connectivity index (χ2v) is 8.44. The van der Waals surface area contributed by atoms with Gasteiger partial charge in [0.1, 0.15) is 11.6 Å². The van der Waals surface area contributed by atoms with E-state index < -0.39 is 6.04 Å². The van der Waals surface area contributed by atoms with Crippen LogP contribution in [0.25, 0.3) is 22.0 Å². The number of amides is 1. The molecule has 34 heavy (non-hydrogen) atoms. The number of halogens is 1. The van der Waals surface area contributed by atoms with Crippen LogP contribution in [0.5, 0.6) is 5.75 Å². The molecule has 1 amide bonds. The monoisotopic (exact) mass is 460 g/mol. The maximum Gasteiger partial charge on any atom is 0.255 e. The molecule has 0 fully saturated rings. The van der Waals surface area contributed by atoms with E-state index >= 15 is 0 Å². The van der Waals surface area contributed by atoms with Crippen LogP contribution in [0.1, 0.15) is 34.8 Å². The van der Waals surface area contributed by atoms with E-state index in [1.165, 1.54) is 6.07 Å². The average Bonchev–Trinajstić information content (AvgIpc) is 3.26. The van der Waals surface area contributed by atoms with Crippen molar-refractivity contribution in [2.75, 3.05) is 13.2 Å². The van der Waals surface area contributed by atoms with Gasteiger partial charge in [0.2, 0.25) is 0 Å². The minimum atomic E-state index is -0.480. The largest absolute Gasteiger partial charge is 0.493 e. The second kappa shape index (κ2) is 10.5. The fraction of sp³-hybridized carbons (Fsp3) is 0.250. The zero-order valence-corrected chi connectivity index (χ0v) is 19.4. The van der Waals surface area contributed by atoms with Crippen molar-refractivity contribution in [1.82, 2.24) is 10.3 Å². The van der Waals surface area contributed by atoms with Crippen molar-refractivity contribution in [3.63, 3.8) is 0 Å². The molecule has 0 saturated carbocycles. The number of aliphatic hydroxyl groups is 1. The highest BCUT2D eigenvalue weighted by Gasteiger charge is 2.20. The molecule has 4 aromatic rings. The van der Waals surface area contributed by atoms with Crippen molar-refractivity contribution >= 4 is 16.8 Å². The predicted octanol–water partition coefficient (Wildman–Crippen LogP) is 5.40. The summed E-state index contributed by atoms with van der Waals surface area (Å²) < 4.78 is 20.0. The Labute approximate surface area is 198 Å². The molecule has 0 radical (unpaired) electrons. The molecule has 0 aliphatic carbocycles. The van der Waals surface area contributed by atoms with Gasteiger partial charge < -0.3 is 20.1 Å². The van der Waals surface area contributed by atoms with E-state index in [1.807, 2.05) is 49.5 Å². The number of aryl methyl sites for hydroxylation is 1. The highest BCUT2D eigenvalue weighted by molar-refractivity contribution is 5.98. The first-order valence-electron chi connectivity index (χ1n) is 11.5. The van der Waals surface area contributed by atoms with Crippen LogP contribution in [0.3, 0.4) is 0 Å². The molecular weight excluding hydrogens is 431 g/mol. The Balaban J connectivity index is 1.60. The van der Waals surface area contributed by atoms with Crippen molar-refractivity contribution in [3.05, 3.63) is 89.4 Å². The fourth-order valence-electron chi connectivity index (χ4n) is 3.99. The SMILES string of the molecule is CCCOc1ccc(-c2ccc(C)c(F)c2)cc1C(=O)NC(CO)Cc1c[nH]c2ccccc12. The van der Waals surface area contributed by atoms with Crippen LogP contribution in [0.2, 0.25) is 0 Å². The van der Waals surface area contributed by atoms with Crippen molar-refractivity contribution < 1.29 is 19.0 Å². The third kappa shape index (κ3) is 5.13. The van der Waals surface area contributed by atoms with Crippen LogP contribution in [0, 0.1) is 12.7 Å². The van der Waals surface area contributed by atoms with Crippen LogP contribution < -0.4 is 10.1 Å². The molecule has 1 aromatic heterocycles. The summed E-state index contributed by atoms with van der Waals surface area (Å²) >= 11 is 0. The zero-order chi connectivity index (χ0) is 24.1. The standard InChI is InChI=1S/C28H29FN2O3/c1-3-12-34-27-11-10-19(20-9-8-18(2)25(29)15-20)14-24(27)28(33)31-22(17-32)13-21-16-30-26-7-5-4-6-23(21)26/h4-11,14-16,22,30,32H,3,12-13,17H2,1-2H3,(H,31,33). The first-order valence-corrected chi connectivity index (χ1v) is 11.5. The second-order valence-electron chi connectivity index (χ2n) is 8.44. The van der Waals surface area contributed by atoms with Gasteiger partial charge in [0.15, 0.2) is 0 Å². The van der Waals surface area contributed by atoms with Gasteiger partial charge in [-0.3, -0.25) is 4.79 Å². The average molecular weight is 461 g/mol. The van der Waals surface area contributed by atoms with Crippen molar-refractivity contribution in [2.45, 2.75) is 32.7 Å². The highest BCUT2D eigenvalue weighted by Crippen LogP contribution is 2.28. The predicted molar refractivity (Wildman–Crippen MR) is 133 cm³/mol. The first-order chi connectivity index (χ1) is 16.5. The summed E-state index contributed by atoms with van der Waals surface area (Å²) in [5.41, 5.74) is 4.33. The molecule has 0 aliphatic heterocycles. The van der Waals surface area contributed by atoms with Crippen molar-refractivity contribution in [2.24, 2.45) is 0 Å². The summed E-state index contributed by atoms with van der Waals surface area (Å²) in [5, 5.41) is 14.0. The normalized spacial score (nSPS) is 12.0. The van der Waals surface area contributed by atoms with Gasteiger partial charge in [-0.2, -0.15) is 0 Å². The lowest BCUT2D eigenvalue weighted by Crippen LogP contribution is -2.39. The minimum absolute atomic E-state index is 0.209. The molecule has 6 heteroatoms. The number of hydrogen-bond acceptors (Lipinski definition) is 3. The van der Waals surface area contributed by atoms with E-state index in [2.05, 4.69) is 10.3 Å². The van der Waals surface area contributed by atoms with Gasteiger partial charge in [0.05, 0.1) is 24.8 Å². The maximum atomic E-state index is 14.1. The Morgan fingerprint density at radius 3 is 2.65 bits per heavy atom. The number of carbonyl (C=O) groups is 1. The summed E-state index contributed by atoms with van der Waals surface area (Å²) in [6.07, 6.45) is 3.17. The molecule has 5 nitrogen and oxygen atoms in total. The van der Waals surface area contributed by atoms with Crippen LogP contribution in [0.15, 0.2) is 66.9 Å². The van der Waals surface area contributed by atoms with E-state index in [9.17, 15) is 14.3 Å². The quantitative estimate of drug-likeness (QED) is 0.313. The summed E-state index contributed by atoms with van der Waals surface area (Å²) in [6, 6.07) is 17.7. The van der Waals surface area contributed by atoms with Crippen LogP contribution in [-0.2, 0) is 6.42 Å². The topological polar surface area (TPSA) is 74.3 Å². The third-order valence-electron chi connectivity index (χ3n) is 5.89. The number of nitrogens with one attached hydrogen (secondary N) is 2. The Bertz CT molecular complexity index is 1300. The lowest BCUT2D eigenvalue weighted by atomic mass is 10.00. The Kier molecular flexibility index (Phi) is 7.28. The number of para-hydroxylation sites is 1. The Morgan fingerprint density at radius 1 is 1.12 bits per heavy atom. The van der Waals surface area contributed by atoms with Gasteiger partial charge in [0, 0.05) is 17.1 Å². The van der Waals surface area contributed by atoms with Gasteiger partial charge in [-0.25, -0.2) is 4.39 Å². The molecule has 4 rings (SSSR count). The Hall–Kier alpha value is -3.64. The smallest absolute Gasteiger partial charge is 0.255 e. The van der Waals surface area contributed by atoms with Crippen molar-refractivity contribution in [1.29, 1.82) is 0 Å². The molecule has 176 valence electrons. The third-order valence-corrected chi connectivity index (χ3v) is 5.89. The summed E-state index contributed by atoms with van der Waals surface area (Å²) in [6.45, 7) is 3.96. The number of aromatic nitrogens is 1. The molecule has 0 bridgehead atoms. The number of H-pyrrole nitrogens is 1. The summed E-state index contributed by atoms with van der Waals surface area (Å²) in [7, 11) is 0. The number of carbonyl (C=O) groups excluding carboxylic acids is 1. The van der Waals surface area contributed by atoms with Gasteiger partial charge in [-0.05, 0) is 66.3 Å². The number of fused-ring (bicyclic) bond motifs is 1. The van der Waals surface area contributed by atoms with E-state index in [-0.39, 0.29) is 18.3 Å². The number of ether oxygens (including phenoxy) is 1. The van der Waals surface area contributed by atoms with Crippen LogP contribution in [0.4, 0.5) is 4.39 Å². The first kappa shape index (κ1) is 23.5. The van der Waals surface area contributed by atoms with E-state index in [4.69, 9.17) is 4.74 Å². The van der Waals surface area contributed by atoms with Gasteiger partial charge in [-0.15, -0.1) is 0 Å². The fourth-order valence-corrected chi connectivity index (χ4v) is 3.99. The lowest BCUT2D eigenvalue weighted by molar-refractivity contribution is 0.0912. The number of rotatable bonds is 9. The lowest BCUT2D eigenvalue weighted by Gasteiger charge is -2.18. The molecule has 0 saturated heterocycles. The molecular formula is C28H29FN2O3. The number of hydrogen-bond donors (Lipinski definition) is 3. The van der Waals surface area contributed by atoms with E-state index in [0.29, 0.717) is 41.0 Å². The number of benzene rings is 3. The summed E-state index contributed by atoms with van der Waals surface area (Å²) in [5.74, 6) is -0.187. The molecule has 0 aliphatic rings. The van der Waals surface area contributed by atoms with E-state index in [0.717, 1.165) is 22.9 Å². The molecule has 1 heterocycles. The van der Waals surface area contributed by atoms with Crippen LogP contribution >= 0.6 is 0 Å². The Morgan fingerprint density at radius 2 is 1.88 bits per heavy atom. The number of aromatic amines is 1. The molecule has 0 spiro atoms. The van der Waals surface area contributed by atoms with Crippen LogP contribution in [-0.4, -0.2) is 35.3 Å². The van der Waals surface area contributed by atoms with Gasteiger partial charge >= 0.3 is 0 Å². The highest BCUT2D eigenvalue weighted by atomic mass is 19.1. The zero-order valence-electron chi connectivity index (χ0n) is 19.4. The van der Waals surface area contributed by atoms with E-state index in [1.54, 1.807) is 25.1 Å². The van der Waals surface area contributed by atoms with Gasteiger partial charge in [-0.1, -0.05) is 43.3 Å². The molecule has 3 N–H and O–H groups in total. The molecule has 1 unspecified atom stereocenters. The molecule has 3 aromatic carbocycles. The number of aliphatic hydroxyl groups excluding tert-OH is 1.